The fraction of sp³-hybridized carbons (Fsp3) is 0.412. The first-order chi connectivity index (χ1) is 13.1. The van der Waals surface area contributed by atoms with Gasteiger partial charge in [0.15, 0.2) is 8.67 Å². The maximum absolute atomic E-state index is 6.98. The van der Waals surface area contributed by atoms with Crippen LogP contribution in [0, 0.1) is 0 Å². The molecule has 12 heteroatoms. The first kappa shape index (κ1) is 21.7. The molecule has 0 N–H and O–H groups in total. The third-order valence-corrected chi connectivity index (χ3v) is 14.9. The van der Waals surface area contributed by atoms with Crippen molar-refractivity contribution in [2.24, 2.45) is 0 Å². The first-order valence-electron chi connectivity index (χ1n) is 7.97. The zero-order valence-corrected chi connectivity index (χ0v) is 22.3. The number of halogens is 12. The molecular formula is C17H2Cl12. The van der Waals surface area contributed by atoms with E-state index in [0.717, 1.165) is 0 Å². The Kier molecular flexibility index (Phi) is 4.02. The van der Waals surface area contributed by atoms with Crippen LogP contribution in [0.5, 0.6) is 0 Å². The van der Waals surface area contributed by atoms with Gasteiger partial charge in [0, 0.05) is 0 Å². The Bertz CT molecular complexity index is 1100. The van der Waals surface area contributed by atoms with Gasteiger partial charge in [0.25, 0.3) is 0 Å². The number of rotatable bonds is 0. The minimum Gasteiger partial charge on any atom is -0.104 e. The van der Waals surface area contributed by atoms with Crippen molar-refractivity contribution in [2.75, 3.05) is 0 Å². The monoisotopic (exact) mass is 626 g/mol. The summed E-state index contributed by atoms with van der Waals surface area (Å²) in [5, 5.41) is 0.213. The third kappa shape index (κ3) is 1.61. The van der Waals surface area contributed by atoms with Crippen LogP contribution in [0.3, 0.4) is 0 Å². The van der Waals surface area contributed by atoms with Gasteiger partial charge in [0.2, 0.25) is 0 Å². The molecular weight excluding hydrogens is 630 g/mol. The molecule has 0 radical (unpaired) electrons. The highest BCUT2D eigenvalue weighted by Crippen LogP contribution is 2.85. The number of fused-ring (bicyclic) bond motifs is 13. The van der Waals surface area contributed by atoms with Gasteiger partial charge in [-0.2, -0.15) is 0 Å². The van der Waals surface area contributed by atoms with Crippen LogP contribution >= 0.6 is 139 Å². The smallest absolute Gasteiger partial charge is 0.104 e. The highest BCUT2D eigenvalue weighted by molar-refractivity contribution is 6.69. The lowest BCUT2D eigenvalue weighted by atomic mass is 9.81. The standard InChI is InChI=1S/C17H2Cl12/c18-8-10(20)14(24)6-3-1-2(4(6)12(8,22)16(14,26)27)5-7(3)15(25)11(21)9(19)13(5,23)17(15,28)29/h1H2. The maximum Gasteiger partial charge on any atom is 0.174 e. The second kappa shape index (κ2) is 5.37. The quantitative estimate of drug-likeness (QED) is 0.185. The van der Waals surface area contributed by atoms with E-state index in [4.69, 9.17) is 139 Å². The van der Waals surface area contributed by atoms with E-state index in [2.05, 4.69) is 0 Å². The lowest BCUT2D eigenvalue weighted by Gasteiger charge is -2.36. The summed E-state index contributed by atoms with van der Waals surface area (Å²) in [5.74, 6) is 0. The second-order valence-electron chi connectivity index (χ2n) is 7.67. The molecule has 0 heterocycles. The molecule has 0 aromatic carbocycles. The van der Waals surface area contributed by atoms with Crippen molar-refractivity contribution in [2.45, 2.75) is 34.6 Å². The van der Waals surface area contributed by atoms with Crippen LogP contribution in [0.2, 0.25) is 0 Å². The molecule has 29 heavy (non-hydrogen) atoms. The van der Waals surface area contributed by atoms with Gasteiger partial charge in [-0.3, -0.25) is 0 Å². The zero-order valence-electron chi connectivity index (χ0n) is 13.2. The van der Waals surface area contributed by atoms with E-state index in [1.165, 1.54) is 0 Å². The Morgan fingerprint density at radius 2 is 0.655 bits per heavy atom. The van der Waals surface area contributed by atoms with Crippen LogP contribution in [0.4, 0.5) is 0 Å². The molecule has 0 aromatic rings. The summed E-state index contributed by atoms with van der Waals surface area (Å²) in [4.78, 5) is -6.34. The molecule has 154 valence electrons. The summed E-state index contributed by atoms with van der Waals surface area (Å²) in [6.45, 7) is 0. The Morgan fingerprint density at radius 3 is 0.931 bits per heavy atom. The average molecular weight is 632 g/mol. The van der Waals surface area contributed by atoms with Crippen LogP contribution in [0.15, 0.2) is 53.6 Å². The molecule has 0 saturated heterocycles. The number of allylic oxidation sites excluding steroid dienone is 10. The number of alkyl halides is 8. The van der Waals surface area contributed by atoms with Crippen molar-refractivity contribution in [3.63, 3.8) is 0 Å². The van der Waals surface area contributed by atoms with E-state index in [0.29, 0.717) is 39.9 Å². The summed E-state index contributed by atoms with van der Waals surface area (Å²) in [6.07, 6.45) is 0.400. The predicted molar refractivity (Wildman–Crippen MR) is 126 cm³/mol. The van der Waals surface area contributed by atoms with E-state index < -0.39 is 28.2 Å². The zero-order chi connectivity index (χ0) is 21.5. The second-order valence-corrected chi connectivity index (χ2v) is 14.1. The molecule has 6 bridgehead atoms. The van der Waals surface area contributed by atoms with Crippen molar-refractivity contribution in [1.29, 1.82) is 0 Å². The minimum atomic E-state index is -1.77. The van der Waals surface area contributed by atoms with E-state index in [1.54, 1.807) is 0 Å². The van der Waals surface area contributed by atoms with Crippen molar-refractivity contribution >= 4 is 139 Å². The molecule has 4 atom stereocenters. The Balaban J connectivity index is 1.77. The summed E-state index contributed by atoms with van der Waals surface area (Å²) in [6, 6.07) is 0. The molecule has 0 nitrogen and oxygen atoms in total. The lowest BCUT2D eigenvalue weighted by Crippen LogP contribution is -2.47. The highest BCUT2D eigenvalue weighted by Gasteiger charge is 2.85. The molecule has 6 aliphatic rings. The summed E-state index contributed by atoms with van der Waals surface area (Å²) >= 11 is 80.7. The van der Waals surface area contributed by atoms with Gasteiger partial charge in [-0.1, -0.05) is 92.8 Å². The topological polar surface area (TPSA) is 0 Å². The van der Waals surface area contributed by atoms with Gasteiger partial charge < -0.3 is 0 Å². The Hall–Kier alpha value is 2.18. The fourth-order valence-electron chi connectivity index (χ4n) is 5.60. The van der Waals surface area contributed by atoms with Gasteiger partial charge in [0.1, 0.15) is 19.5 Å². The van der Waals surface area contributed by atoms with Crippen LogP contribution in [0.25, 0.3) is 0 Å². The van der Waals surface area contributed by atoms with Crippen molar-refractivity contribution in [3.05, 3.63) is 53.6 Å². The van der Waals surface area contributed by atoms with E-state index in [1.807, 2.05) is 0 Å². The summed E-state index contributed by atoms with van der Waals surface area (Å²) in [5.41, 5.74) is 3.53. The van der Waals surface area contributed by atoms with Gasteiger partial charge in [0.05, 0.1) is 20.1 Å². The molecule has 0 aliphatic heterocycles. The summed E-state index contributed by atoms with van der Waals surface area (Å²) < 4.78 is -3.53. The van der Waals surface area contributed by atoms with E-state index >= 15 is 0 Å². The van der Waals surface area contributed by atoms with E-state index in [9.17, 15) is 0 Å². The average Bonchev–Trinajstić information content (AvgIpc) is 3.33. The van der Waals surface area contributed by atoms with Crippen LogP contribution in [-0.4, -0.2) is 28.2 Å². The SMILES string of the molecule is ClC1=C(Cl)C2(Cl)C3=C4CC(=C3C1(Cl)C2(Cl)Cl)C1=C4C2(Cl)C(Cl)=C(Cl)C1(Cl)C2(Cl)Cl. The van der Waals surface area contributed by atoms with Gasteiger partial charge in [-0.05, 0) is 39.9 Å². The first-order valence-corrected chi connectivity index (χ1v) is 12.5. The number of hydrogen-bond donors (Lipinski definition) is 0. The minimum absolute atomic E-state index is 0.0532. The molecule has 1 saturated carbocycles. The predicted octanol–water partition coefficient (Wildman–Crippen LogP) is 8.98. The molecule has 0 spiro atoms. The van der Waals surface area contributed by atoms with Crippen molar-refractivity contribution in [1.82, 2.24) is 0 Å². The summed E-state index contributed by atoms with van der Waals surface area (Å²) in [7, 11) is 0. The molecule has 0 aromatic heterocycles. The van der Waals surface area contributed by atoms with Crippen molar-refractivity contribution in [3.8, 4) is 0 Å². The number of hydrogen-bond acceptors (Lipinski definition) is 0. The lowest BCUT2D eigenvalue weighted by molar-refractivity contribution is 0.679. The third-order valence-electron chi connectivity index (χ3n) is 6.76. The van der Waals surface area contributed by atoms with Crippen LogP contribution < -0.4 is 0 Å². The van der Waals surface area contributed by atoms with E-state index in [-0.39, 0.29) is 20.1 Å². The van der Waals surface area contributed by atoms with Crippen LogP contribution in [-0.2, 0) is 0 Å². The maximum atomic E-state index is 6.98. The molecule has 0 amide bonds. The van der Waals surface area contributed by atoms with Gasteiger partial charge >= 0.3 is 0 Å². The normalized spacial score (nSPS) is 47.6. The molecule has 6 aliphatic carbocycles. The fourth-order valence-corrected chi connectivity index (χ4v) is 11.1. The molecule has 6 rings (SSSR count). The highest BCUT2D eigenvalue weighted by atomic mass is 35.5. The Labute approximate surface area is 225 Å². The largest absolute Gasteiger partial charge is 0.174 e. The molecule has 1 fully saturated rings. The van der Waals surface area contributed by atoms with Gasteiger partial charge in [-0.15, -0.1) is 46.4 Å². The Morgan fingerprint density at radius 1 is 0.414 bits per heavy atom. The van der Waals surface area contributed by atoms with Crippen molar-refractivity contribution < 1.29 is 0 Å². The van der Waals surface area contributed by atoms with Gasteiger partial charge in [-0.25, -0.2) is 0 Å². The van der Waals surface area contributed by atoms with Crippen LogP contribution in [0.1, 0.15) is 6.42 Å². The molecule has 4 unspecified atom stereocenters.